The fraction of sp³-hybridized carbons (Fsp3) is 0.200. The van der Waals surface area contributed by atoms with Crippen molar-refractivity contribution in [3.8, 4) is 0 Å². The van der Waals surface area contributed by atoms with Crippen LogP contribution in [0.5, 0.6) is 0 Å². The number of halogens is 2. The van der Waals surface area contributed by atoms with Crippen molar-refractivity contribution in [2.45, 2.75) is 6.54 Å². The smallest absolute Gasteiger partial charge is 0.0705 e. The van der Waals surface area contributed by atoms with E-state index < -0.39 is 0 Å². The minimum absolute atomic E-state index is 0.755. The molecular formula is C10H10BrClN2. The molecule has 2 rings (SSSR count). The normalized spacial score (nSPS) is 11.1. The molecule has 2 N–H and O–H groups in total. The predicted octanol–water partition coefficient (Wildman–Crippen LogP) is 3.30. The lowest BCUT2D eigenvalue weighted by Gasteiger charge is -1.95. The highest BCUT2D eigenvalue weighted by molar-refractivity contribution is 9.10. The van der Waals surface area contributed by atoms with E-state index >= 15 is 0 Å². The molecule has 0 bridgehead atoms. The van der Waals surface area contributed by atoms with Gasteiger partial charge in [0.25, 0.3) is 0 Å². The van der Waals surface area contributed by atoms with Gasteiger partial charge in [0.15, 0.2) is 0 Å². The molecular weight excluding hydrogens is 263 g/mol. The first-order chi connectivity index (χ1) is 6.72. The van der Waals surface area contributed by atoms with Gasteiger partial charge in [-0.3, -0.25) is 0 Å². The van der Waals surface area contributed by atoms with Gasteiger partial charge in [0.2, 0.25) is 0 Å². The van der Waals surface area contributed by atoms with Gasteiger partial charge in [-0.25, -0.2) is 0 Å². The summed E-state index contributed by atoms with van der Waals surface area (Å²) in [6, 6.07) is 6.04. The number of nitrogens with one attached hydrogen (secondary N) is 2. The van der Waals surface area contributed by atoms with Crippen LogP contribution in [0.15, 0.2) is 22.7 Å². The summed E-state index contributed by atoms with van der Waals surface area (Å²) in [6.07, 6.45) is 0. The fourth-order valence-corrected chi connectivity index (χ4v) is 2.12. The third-order valence-electron chi connectivity index (χ3n) is 2.12. The lowest BCUT2D eigenvalue weighted by Crippen LogP contribution is -2.05. The van der Waals surface area contributed by atoms with Gasteiger partial charge in [-0.05, 0) is 25.2 Å². The van der Waals surface area contributed by atoms with E-state index in [1.54, 1.807) is 0 Å². The maximum Gasteiger partial charge on any atom is 0.0705 e. The van der Waals surface area contributed by atoms with E-state index in [-0.39, 0.29) is 0 Å². The quantitative estimate of drug-likeness (QED) is 0.863. The third-order valence-corrected chi connectivity index (χ3v) is 3.05. The van der Waals surface area contributed by atoms with E-state index in [0.29, 0.717) is 0 Å². The van der Waals surface area contributed by atoms with Crippen molar-refractivity contribution in [2.24, 2.45) is 0 Å². The van der Waals surface area contributed by atoms with Crippen molar-refractivity contribution < 1.29 is 0 Å². The summed E-state index contributed by atoms with van der Waals surface area (Å²) in [4.78, 5) is 3.28. The zero-order chi connectivity index (χ0) is 10.1. The number of hydrogen-bond donors (Lipinski definition) is 2. The molecule has 1 aromatic carbocycles. The number of H-pyrrole nitrogens is 1. The number of aromatic amines is 1. The molecule has 0 unspecified atom stereocenters. The Balaban J connectivity index is 2.62. The molecule has 0 saturated heterocycles. The van der Waals surface area contributed by atoms with E-state index in [0.717, 1.165) is 32.6 Å². The molecule has 0 aliphatic heterocycles. The maximum absolute atomic E-state index is 6.22. The van der Waals surface area contributed by atoms with Gasteiger partial charge in [0.05, 0.1) is 5.02 Å². The van der Waals surface area contributed by atoms with Crippen LogP contribution in [0.4, 0.5) is 0 Å². The van der Waals surface area contributed by atoms with Crippen molar-refractivity contribution in [3.05, 3.63) is 33.4 Å². The van der Waals surface area contributed by atoms with Crippen molar-refractivity contribution in [1.29, 1.82) is 0 Å². The van der Waals surface area contributed by atoms with E-state index in [4.69, 9.17) is 11.6 Å². The number of fused-ring (bicyclic) bond motifs is 1. The number of benzene rings is 1. The second-order valence-electron chi connectivity index (χ2n) is 3.14. The highest BCUT2D eigenvalue weighted by atomic mass is 79.9. The zero-order valence-electron chi connectivity index (χ0n) is 7.70. The average Bonchev–Trinajstić information content (AvgIpc) is 2.46. The zero-order valence-corrected chi connectivity index (χ0v) is 10.0. The Labute approximate surface area is 95.8 Å². The van der Waals surface area contributed by atoms with Gasteiger partial charge < -0.3 is 10.3 Å². The Morgan fingerprint density at radius 1 is 1.50 bits per heavy atom. The minimum Gasteiger partial charge on any atom is -0.356 e. The Morgan fingerprint density at radius 2 is 2.29 bits per heavy atom. The van der Waals surface area contributed by atoms with Crippen LogP contribution in [0.2, 0.25) is 5.02 Å². The molecule has 4 heteroatoms. The van der Waals surface area contributed by atoms with Crippen LogP contribution in [0.1, 0.15) is 5.69 Å². The maximum atomic E-state index is 6.22. The summed E-state index contributed by atoms with van der Waals surface area (Å²) >= 11 is 9.64. The summed E-state index contributed by atoms with van der Waals surface area (Å²) in [5.41, 5.74) is 2.10. The van der Waals surface area contributed by atoms with Crippen molar-refractivity contribution in [1.82, 2.24) is 10.3 Å². The average molecular weight is 274 g/mol. The Morgan fingerprint density at radius 3 is 3.00 bits per heavy atom. The summed E-state index contributed by atoms with van der Waals surface area (Å²) < 4.78 is 1.04. The molecule has 14 heavy (non-hydrogen) atoms. The van der Waals surface area contributed by atoms with E-state index in [1.807, 2.05) is 25.2 Å². The molecule has 1 aromatic heterocycles. The van der Waals surface area contributed by atoms with Crippen LogP contribution < -0.4 is 5.32 Å². The van der Waals surface area contributed by atoms with Crippen LogP contribution in [-0.2, 0) is 6.54 Å². The van der Waals surface area contributed by atoms with Crippen LogP contribution in [0.25, 0.3) is 10.9 Å². The SMILES string of the molecule is CNCc1[nH]c2ccc(Br)cc2c1Cl. The molecule has 1 heterocycles. The van der Waals surface area contributed by atoms with Crippen molar-refractivity contribution in [2.75, 3.05) is 7.05 Å². The van der Waals surface area contributed by atoms with Gasteiger partial charge in [0, 0.05) is 27.6 Å². The summed E-state index contributed by atoms with van der Waals surface area (Å²) in [7, 11) is 1.90. The monoisotopic (exact) mass is 272 g/mol. The van der Waals surface area contributed by atoms with E-state index in [9.17, 15) is 0 Å². The van der Waals surface area contributed by atoms with Crippen LogP contribution >= 0.6 is 27.5 Å². The Hall–Kier alpha value is -0.510. The minimum atomic E-state index is 0.755. The van der Waals surface area contributed by atoms with Gasteiger partial charge >= 0.3 is 0 Å². The summed E-state index contributed by atoms with van der Waals surface area (Å²) in [5, 5.41) is 4.94. The van der Waals surface area contributed by atoms with Crippen molar-refractivity contribution in [3.63, 3.8) is 0 Å². The van der Waals surface area contributed by atoms with Crippen LogP contribution in [0, 0.1) is 0 Å². The van der Waals surface area contributed by atoms with E-state index in [1.165, 1.54) is 0 Å². The van der Waals surface area contributed by atoms with Crippen molar-refractivity contribution >= 4 is 38.4 Å². The number of hydrogen-bond acceptors (Lipinski definition) is 1. The summed E-state index contributed by atoms with van der Waals surface area (Å²) in [6.45, 7) is 0.755. The molecule has 0 amide bonds. The van der Waals surface area contributed by atoms with Gasteiger partial charge in [0.1, 0.15) is 0 Å². The highest BCUT2D eigenvalue weighted by Gasteiger charge is 2.08. The Kier molecular flexibility index (Phi) is 2.81. The largest absolute Gasteiger partial charge is 0.356 e. The van der Waals surface area contributed by atoms with Gasteiger partial charge in [-0.2, -0.15) is 0 Å². The molecule has 0 radical (unpaired) electrons. The molecule has 0 fully saturated rings. The van der Waals surface area contributed by atoms with Crippen LogP contribution in [0.3, 0.4) is 0 Å². The standard InChI is InChI=1S/C10H10BrClN2/c1-13-5-9-10(12)7-4-6(11)2-3-8(7)14-9/h2-4,13-14H,5H2,1H3. The van der Waals surface area contributed by atoms with Gasteiger partial charge in [-0.15, -0.1) is 0 Å². The molecule has 0 aliphatic carbocycles. The first-order valence-electron chi connectivity index (χ1n) is 4.32. The van der Waals surface area contributed by atoms with E-state index in [2.05, 4.69) is 26.2 Å². The molecule has 2 nitrogen and oxygen atoms in total. The lowest BCUT2D eigenvalue weighted by atomic mass is 10.2. The molecule has 74 valence electrons. The fourth-order valence-electron chi connectivity index (χ4n) is 1.49. The first kappa shape index (κ1) is 10.0. The molecule has 0 aliphatic rings. The van der Waals surface area contributed by atoms with Gasteiger partial charge in [-0.1, -0.05) is 27.5 Å². The second-order valence-corrected chi connectivity index (χ2v) is 4.43. The number of aromatic nitrogens is 1. The third kappa shape index (κ3) is 1.67. The number of rotatable bonds is 2. The molecule has 0 spiro atoms. The summed E-state index contributed by atoms with van der Waals surface area (Å²) in [5.74, 6) is 0. The predicted molar refractivity (Wildman–Crippen MR) is 63.8 cm³/mol. The molecule has 0 saturated carbocycles. The molecule has 2 aromatic rings. The topological polar surface area (TPSA) is 27.8 Å². The molecule has 0 atom stereocenters. The first-order valence-corrected chi connectivity index (χ1v) is 5.49. The lowest BCUT2D eigenvalue weighted by molar-refractivity contribution is 0.800. The van der Waals surface area contributed by atoms with Crippen LogP contribution in [-0.4, -0.2) is 12.0 Å². The second kappa shape index (κ2) is 3.93. The Bertz CT molecular complexity index is 464. The highest BCUT2D eigenvalue weighted by Crippen LogP contribution is 2.29.